The molecule has 0 aromatic heterocycles. The minimum atomic E-state index is 0.0355. The van der Waals surface area contributed by atoms with E-state index >= 15 is 0 Å². The van der Waals surface area contributed by atoms with Crippen molar-refractivity contribution in [1.29, 1.82) is 0 Å². The van der Waals surface area contributed by atoms with Gasteiger partial charge >= 0.3 is 0 Å². The summed E-state index contributed by atoms with van der Waals surface area (Å²) in [4.78, 5) is 22.7. The Morgan fingerprint density at radius 2 is 2.07 bits per heavy atom. The van der Waals surface area contributed by atoms with E-state index in [0.29, 0.717) is 18.5 Å². The van der Waals surface area contributed by atoms with Crippen LogP contribution in [0.2, 0.25) is 0 Å². The van der Waals surface area contributed by atoms with Gasteiger partial charge in [0.15, 0.2) is 0 Å². The summed E-state index contributed by atoms with van der Waals surface area (Å²) < 4.78 is 0. The lowest BCUT2D eigenvalue weighted by Crippen LogP contribution is -2.15. The zero-order chi connectivity index (χ0) is 10.7. The van der Waals surface area contributed by atoms with Gasteiger partial charge in [0.25, 0.3) is 0 Å². The molecule has 1 heterocycles. The molecular weight excluding hydrogens is 210 g/mol. The van der Waals surface area contributed by atoms with Gasteiger partial charge in [-0.05, 0) is 0 Å². The Balaban J connectivity index is 1.96. The number of amides is 1. The van der Waals surface area contributed by atoms with Crippen LogP contribution in [0.5, 0.6) is 0 Å². The van der Waals surface area contributed by atoms with Gasteiger partial charge in [0.1, 0.15) is 0 Å². The Kier molecular flexibility index (Phi) is 3.06. The van der Waals surface area contributed by atoms with Gasteiger partial charge in [-0.3, -0.25) is 9.59 Å². The smallest absolute Gasteiger partial charge is 0.221 e. The fraction of sp³-hybridized carbons (Fsp3) is 0.273. The number of carbonyl (C=O) groups is 2. The van der Waals surface area contributed by atoms with Crippen molar-refractivity contribution in [3.8, 4) is 0 Å². The minimum absolute atomic E-state index is 0.0355. The molecule has 0 aliphatic carbocycles. The van der Waals surface area contributed by atoms with Crippen LogP contribution in [0.1, 0.15) is 16.8 Å². The van der Waals surface area contributed by atoms with Crippen LogP contribution in [-0.4, -0.2) is 22.8 Å². The minimum Gasteiger partial charge on any atom is -0.355 e. The fourth-order valence-corrected chi connectivity index (χ4v) is 2.43. The summed E-state index contributed by atoms with van der Waals surface area (Å²) in [5.41, 5.74) is 0.696. The molecule has 0 radical (unpaired) electrons. The third-order valence-electron chi connectivity index (χ3n) is 2.22. The molecule has 4 heteroatoms. The summed E-state index contributed by atoms with van der Waals surface area (Å²) in [7, 11) is 0. The molecule has 1 N–H and O–H groups in total. The highest BCUT2D eigenvalue weighted by molar-refractivity contribution is 8.14. The number of hydrogen-bond acceptors (Lipinski definition) is 3. The zero-order valence-corrected chi connectivity index (χ0v) is 8.92. The molecular formula is C11H11NO2S. The van der Waals surface area contributed by atoms with Crippen LogP contribution in [0.15, 0.2) is 30.3 Å². The second kappa shape index (κ2) is 4.49. The van der Waals surface area contributed by atoms with Crippen LogP contribution in [-0.2, 0) is 4.79 Å². The predicted octanol–water partition coefficient (Wildman–Crippen LogP) is 1.45. The standard InChI is InChI=1S/C11H11NO2S/c13-10-6-9(7-12-10)15-11(14)8-4-2-1-3-5-8/h1-5,9H,6-7H2,(H,12,13)/t9-/m0/s1. The summed E-state index contributed by atoms with van der Waals surface area (Å²) >= 11 is 1.24. The third kappa shape index (κ3) is 2.59. The molecule has 0 spiro atoms. The van der Waals surface area contributed by atoms with Crippen molar-refractivity contribution in [2.24, 2.45) is 0 Å². The average Bonchev–Trinajstić information content (AvgIpc) is 2.65. The van der Waals surface area contributed by atoms with Crippen LogP contribution in [0, 0.1) is 0 Å². The van der Waals surface area contributed by atoms with E-state index in [2.05, 4.69) is 5.32 Å². The van der Waals surface area contributed by atoms with Crippen LogP contribution in [0.3, 0.4) is 0 Å². The van der Waals surface area contributed by atoms with Crippen LogP contribution in [0.25, 0.3) is 0 Å². The Hall–Kier alpha value is -1.29. The predicted molar refractivity (Wildman–Crippen MR) is 59.8 cm³/mol. The number of rotatable bonds is 2. The SMILES string of the molecule is O=C1C[C@H](SC(=O)c2ccccc2)CN1. The summed E-state index contributed by atoms with van der Waals surface area (Å²) in [5.74, 6) is 0.0355. The van der Waals surface area contributed by atoms with E-state index in [0.717, 1.165) is 0 Å². The molecule has 78 valence electrons. The van der Waals surface area contributed by atoms with Crippen LogP contribution < -0.4 is 5.32 Å². The molecule has 1 aliphatic rings. The van der Waals surface area contributed by atoms with Crippen molar-refractivity contribution in [2.75, 3.05) is 6.54 Å². The van der Waals surface area contributed by atoms with E-state index in [-0.39, 0.29) is 16.3 Å². The van der Waals surface area contributed by atoms with Gasteiger partial charge in [-0.1, -0.05) is 42.1 Å². The number of hydrogen-bond donors (Lipinski definition) is 1. The Bertz CT molecular complexity index is 377. The molecule has 1 amide bonds. The van der Waals surface area contributed by atoms with Crippen molar-refractivity contribution in [3.05, 3.63) is 35.9 Å². The molecule has 1 atom stereocenters. The highest BCUT2D eigenvalue weighted by Gasteiger charge is 2.24. The van der Waals surface area contributed by atoms with Gasteiger partial charge in [0, 0.05) is 23.8 Å². The summed E-state index contributed by atoms with van der Waals surface area (Å²) in [6.45, 7) is 0.599. The molecule has 15 heavy (non-hydrogen) atoms. The molecule has 1 saturated heterocycles. The maximum atomic E-state index is 11.7. The van der Waals surface area contributed by atoms with Crippen molar-refractivity contribution < 1.29 is 9.59 Å². The monoisotopic (exact) mass is 221 g/mol. The lowest BCUT2D eigenvalue weighted by Gasteiger charge is -2.04. The number of benzene rings is 1. The van der Waals surface area contributed by atoms with E-state index in [1.807, 2.05) is 18.2 Å². The molecule has 1 aromatic carbocycles. The van der Waals surface area contributed by atoms with Crippen molar-refractivity contribution in [1.82, 2.24) is 5.32 Å². The molecule has 0 saturated carbocycles. The topological polar surface area (TPSA) is 46.2 Å². The Morgan fingerprint density at radius 3 is 2.67 bits per heavy atom. The summed E-state index contributed by atoms with van der Waals surface area (Å²) in [6, 6.07) is 9.14. The average molecular weight is 221 g/mol. The molecule has 0 unspecified atom stereocenters. The molecule has 1 aromatic rings. The van der Waals surface area contributed by atoms with Gasteiger partial charge in [-0.2, -0.15) is 0 Å². The fourth-order valence-electron chi connectivity index (χ4n) is 1.46. The van der Waals surface area contributed by atoms with Gasteiger partial charge in [0.05, 0.1) is 0 Å². The normalized spacial score (nSPS) is 20.0. The van der Waals surface area contributed by atoms with Crippen molar-refractivity contribution in [2.45, 2.75) is 11.7 Å². The van der Waals surface area contributed by atoms with E-state index in [1.54, 1.807) is 12.1 Å². The number of thioether (sulfide) groups is 1. The van der Waals surface area contributed by atoms with Gasteiger partial charge < -0.3 is 5.32 Å². The van der Waals surface area contributed by atoms with Crippen LogP contribution >= 0.6 is 11.8 Å². The van der Waals surface area contributed by atoms with Crippen molar-refractivity contribution in [3.63, 3.8) is 0 Å². The molecule has 1 aliphatic heterocycles. The second-order valence-corrected chi connectivity index (χ2v) is 4.67. The van der Waals surface area contributed by atoms with E-state index in [1.165, 1.54) is 11.8 Å². The highest BCUT2D eigenvalue weighted by atomic mass is 32.2. The zero-order valence-electron chi connectivity index (χ0n) is 8.10. The second-order valence-electron chi connectivity index (χ2n) is 3.40. The lowest BCUT2D eigenvalue weighted by molar-refractivity contribution is -0.119. The maximum Gasteiger partial charge on any atom is 0.221 e. The van der Waals surface area contributed by atoms with E-state index < -0.39 is 0 Å². The molecule has 3 nitrogen and oxygen atoms in total. The first-order valence-electron chi connectivity index (χ1n) is 4.78. The van der Waals surface area contributed by atoms with Gasteiger partial charge in [0.2, 0.25) is 11.0 Å². The first-order chi connectivity index (χ1) is 7.25. The molecule has 1 fully saturated rings. The lowest BCUT2D eigenvalue weighted by atomic mass is 10.2. The maximum absolute atomic E-state index is 11.7. The summed E-state index contributed by atoms with van der Waals surface area (Å²) in [6.07, 6.45) is 0.448. The van der Waals surface area contributed by atoms with Gasteiger partial charge in [-0.15, -0.1) is 0 Å². The molecule has 2 rings (SSSR count). The first-order valence-corrected chi connectivity index (χ1v) is 5.66. The highest BCUT2D eigenvalue weighted by Crippen LogP contribution is 2.22. The number of nitrogens with one attached hydrogen (secondary N) is 1. The Labute approximate surface area is 92.2 Å². The Morgan fingerprint density at radius 1 is 1.33 bits per heavy atom. The largest absolute Gasteiger partial charge is 0.355 e. The summed E-state index contributed by atoms with van der Waals surface area (Å²) in [5, 5.41) is 2.84. The first kappa shape index (κ1) is 10.2. The molecule has 0 bridgehead atoms. The van der Waals surface area contributed by atoms with Crippen LogP contribution in [0.4, 0.5) is 0 Å². The van der Waals surface area contributed by atoms with E-state index in [4.69, 9.17) is 0 Å². The van der Waals surface area contributed by atoms with E-state index in [9.17, 15) is 9.59 Å². The third-order valence-corrected chi connectivity index (χ3v) is 3.34. The quantitative estimate of drug-likeness (QED) is 0.822. The van der Waals surface area contributed by atoms with Gasteiger partial charge in [-0.25, -0.2) is 0 Å². The van der Waals surface area contributed by atoms with Crippen molar-refractivity contribution >= 4 is 22.8 Å². The number of carbonyl (C=O) groups excluding carboxylic acids is 2.